The Morgan fingerprint density at radius 3 is 2.61 bits per heavy atom. The van der Waals surface area contributed by atoms with Crippen LogP contribution in [0.5, 0.6) is 5.75 Å². The van der Waals surface area contributed by atoms with E-state index in [4.69, 9.17) is 4.74 Å². The molecule has 0 aliphatic carbocycles. The van der Waals surface area contributed by atoms with Gasteiger partial charge in [-0.15, -0.1) is 0 Å². The van der Waals surface area contributed by atoms with Crippen molar-refractivity contribution in [1.29, 1.82) is 0 Å². The van der Waals surface area contributed by atoms with E-state index in [0.717, 1.165) is 0 Å². The summed E-state index contributed by atoms with van der Waals surface area (Å²) >= 11 is 3.55. The van der Waals surface area contributed by atoms with Gasteiger partial charge in [0.2, 0.25) is 0 Å². The number of benzene rings is 2. The average molecular weight is 373 g/mol. The molecular weight excluding hydrogens is 356 g/mol. The molecule has 0 saturated heterocycles. The maximum Gasteiger partial charge on any atom is 0.266 e. The number of ether oxygens (including phenoxy) is 1. The quantitative estimate of drug-likeness (QED) is 0.643. The Kier molecular flexibility index (Phi) is 4.48. The lowest BCUT2D eigenvalue weighted by molar-refractivity contribution is 0.338. The largest absolute Gasteiger partial charge is 0.492 e. The van der Waals surface area contributed by atoms with E-state index < -0.39 is 0 Å². The zero-order valence-corrected chi connectivity index (χ0v) is 14.6. The molecule has 1 aromatic heterocycles. The van der Waals surface area contributed by atoms with Crippen molar-refractivity contribution in [2.75, 3.05) is 6.61 Å². The van der Waals surface area contributed by atoms with Crippen molar-refractivity contribution >= 4 is 26.8 Å². The smallest absolute Gasteiger partial charge is 0.266 e. The highest BCUT2D eigenvalue weighted by molar-refractivity contribution is 9.09. The molecule has 4 nitrogen and oxygen atoms in total. The van der Waals surface area contributed by atoms with Crippen LogP contribution < -0.4 is 10.3 Å². The summed E-state index contributed by atoms with van der Waals surface area (Å²) in [7, 11) is 0. The highest BCUT2D eigenvalue weighted by Crippen LogP contribution is 2.28. The Morgan fingerprint density at radius 1 is 1.17 bits per heavy atom. The van der Waals surface area contributed by atoms with Gasteiger partial charge in [-0.1, -0.05) is 40.2 Å². The van der Waals surface area contributed by atoms with Crippen molar-refractivity contribution in [1.82, 2.24) is 9.55 Å². The first-order chi connectivity index (χ1) is 11.1. The van der Waals surface area contributed by atoms with Gasteiger partial charge in [0.15, 0.2) is 0 Å². The van der Waals surface area contributed by atoms with E-state index in [1.54, 1.807) is 10.6 Å². The van der Waals surface area contributed by atoms with E-state index in [0.29, 0.717) is 34.8 Å². The minimum absolute atomic E-state index is 0.0745. The first kappa shape index (κ1) is 15.7. The number of nitrogens with zero attached hydrogens (tertiary/aromatic N) is 2. The second-order valence-electron chi connectivity index (χ2n) is 5.14. The molecule has 1 unspecified atom stereocenters. The minimum atomic E-state index is -0.0935. The zero-order chi connectivity index (χ0) is 16.4. The van der Waals surface area contributed by atoms with Gasteiger partial charge in [0.1, 0.15) is 11.6 Å². The van der Waals surface area contributed by atoms with Crippen LogP contribution in [0.25, 0.3) is 16.6 Å². The molecule has 1 atom stereocenters. The molecule has 1 heterocycles. The fourth-order valence-electron chi connectivity index (χ4n) is 2.57. The van der Waals surface area contributed by atoms with Gasteiger partial charge in [0.25, 0.3) is 5.56 Å². The van der Waals surface area contributed by atoms with Crippen molar-refractivity contribution in [2.24, 2.45) is 0 Å². The van der Waals surface area contributed by atoms with E-state index in [1.165, 1.54) is 0 Å². The zero-order valence-electron chi connectivity index (χ0n) is 13.0. The third kappa shape index (κ3) is 2.88. The van der Waals surface area contributed by atoms with Crippen LogP contribution in [0.3, 0.4) is 0 Å². The summed E-state index contributed by atoms with van der Waals surface area (Å²) in [5, 5.41) is 0.593. The number of halogens is 1. The van der Waals surface area contributed by atoms with Crippen LogP contribution in [0.1, 0.15) is 24.5 Å². The predicted octanol–water partition coefficient (Wildman–Crippen LogP) is 4.24. The fourth-order valence-corrected chi connectivity index (χ4v) is 2.88. The molecule has 0 saturated carbocycles. The van der Waals surface area contributed by atoms with E-state index in [9.17, 15) is 4.79 Å². The average Bonchev–Trinajstić information content (AvgIpc) is 2.56. The van der Waals surface area contributed by atoms with Crippen molar-refractivity contribution in [3.63, 3.8) is 0 Å². The number of fused-ring (bicyclic) bond motifs is 1. The van der Waals surface area contributed by atoms with E-state index in [1.807, 2.05) is 56.3 Å². The summed E-state index contributed by atoms with van der Waals surface area (Å²) in [6.07, 6.45) is 0. The molecule has 3 rings (SSSR count). The van der Waals surface area contributed by atoms with Crippen molar-refractivity contribution in [3.8, 4) is 11.4 Å². The molecular formula is C18H17BrN2O2. The third-order valence-electron chi connectivity index (χ3n) is 3.56. The summed E-state index contributed by atoms with van der Waals surface area (Å²) in [5.41, 5.74) is 1.31. The molecule has 23 heavy (non-hydrogen) atoms. The molecule has 0 fully saturated rings. The lowest BCUT2D eigenvalue weighted by atomic mass is 10.2. The standard InChI is InChI=1S/C18H17BrN2O2/c1-3-23-16-11-7-6-10-15(16)21-17(12(2)19)20-14-9-5-4-8-13(14)18(21)22/h4-12H,3H2,1-2H3. The molecule has 0 bridgehead atoms. The lowest BCUT2D eigenvalue weighted by Crippen LogP contribution is -2.24. The van der Waals surface area contributed by atoms with Crippen molar-refractivity contribution in [3.05, 3.63) is 64.7 Å². The van der Waals surface area contributed by atoms with Crippen LogP contribution in [-0.4, -0.2) is 16.2 Å². The van der Waals surface area contributed by atoms with Crippen LogP contribution >= 0.6 is 15.9 Å². The molecule has 3 aromatic rings. The van der Waals surface area contributed by atoms with Gasteiger partial charge >= 0.3 is 0 Å². The van der Waals surface area contributed by atoms with Gasteiger partial charge in [0.05, 0.1) is 28.0 Å². The van der Waals surface area contributed by atoms with Crippen LogP contribution in [-0.2, 0) is 0 Å². The number of aromatic nitrogens is 2. The Balaban J connectivity index is 2.39. The number of para-hydroxylation sites is 3. The van der Waals surface area contributed by atoms with Gasteiger partial charge in [0, 0.05) is 0 Å². The van der Waals surface area contributed by atoms with Gasteiger partial charge in [-0.25, -0.2) is 4.98 Å². The molecule has 0 N–H and O–H groups in total. The Bertz CT molecular complexity index is 903. The summed E-state index contributed by atoms with van der Waals surface area (Å²) in [5.74, 6) is 1.32. The number of alkyl halides is 1. The fraction of sp³-hybridized carbons (Fsp3) is 0.222. The molecule has 0 radical (unpaired) electrons. The first-order valence-corrected chi connectivity index (χ1v) is 8.43. The van der Waals surface area contributed by atoms with Crippen LogP contribution in [0, 0.1) is 0 Å². The SMILES string of the molecule is CCOc1ccccc1-n1c(C(C)Br)nc2ccccc2c1=O. The normalized spacial score (nSPS) is 12.3. The summed E-state index contributed by atoms with van der Waals surface area (Å²) in [6.45, 7) is 4.41. The second-order valence-corrected chi connectivity index (χ2v) is 6.52. The molecule has 118 valence electrons. The van der Waals surface area contributed by atoms with Crippen LogP contribution in [0.4, 0.5) is 0 Å². The van der Waals surface area contributed by atoms with Crippen LogP contribution in [0.15, 0.2) is 53.3 Å². The molecule has 0 aliphatic heterocycles. The van der Waals surface area contributed by atoms with Gasteiger partial charge < -0.3 is 4.74 Å². The van der Waals surface area contributed by atoms with Gasteiger partial charge in [-0.2, -0.15) is 0 Å². The van der Waals surface area contributed by atoms with Gasteiger partial charge in [-0.3, -0.25) is 9.36 Å². The topological polar surface area (TPSA) is 44.1 Å². The number of hydrogen-bond donors (Lipinski definition) is 0. The minimum Gasteiger partial charge on any atom is -0.492 e. The second kappa shape index (κ2) is 6.54. The monoisotopic (exact) mass is 372 g/mol. The third-order valence-corrected chi connectivity index (χ3v) is 3.97. The Hall–Kier alpha value is -2.14. The summed E-state index contributed by atoms with van der Waals surface area (Å²) < 4.78 is 7.32. The Morgan fingerprint density at radius 2 is 1.87 bits per heavy atom. The first-order valence-electron chi connectivity index (χ1n) is 7.51. The van der Waals surface area contributed by atoms with Crippen molar-refractivity contribution in [2.45, 2.75) is 18.7 Å². The highest BCUT2D eigenvalue weighted by Gasteiger charge is 2.18. The molecule has 2 aromatic carbocycles. The van der Waals surface area contributed by atoms with E-state index >= 15 is 0 Å². The van der Waals surface area contributed by atoms with Crippen molar-refractivity contribution < 1.29 is 4.74 Å². The maximum atomic E-state index is 13.1. The molecule has 0 aliphatic rings. The van der Waals surface area contributed by atoms with Gasteiger partial charge in [-0.05, 0) is 38.1 Å². The maximum absolute atomic E-state index is 13.1. The number of hydrogen-bond acceptors (Lipinski definition) is 3. The van der Waals surface area contributed by atoms with Crippen LogP contribution in [0.2, 0.25) is 0 Å². The predicted molar refractivity (Wildman–Crippen MR) is 95.9 cm³/mol. The Labute approximate surface area is 142 Å². The summed E-state index contributed by atoms with van der Waals surface area (Å²) in [6, 6.07) is 14.9. The highest BCUT2D eigenvalue weighted by atomic mass is 79.9. The molecule has 5 heteroatoms. The lowest BCUT2D eigenvalue weighted by Gasteiger charge is -2.17. The number of rotatable bonds is 4. The molecule has 0 amide bonds. The molecule has 0 spiro atoms. The summed E-state index contributed by atoms with van der Waals surface area (Å²) in [4.78, 5) is 17.7. The van der Waals surface area contributed by atoms with E-state index in [-0.39, 0.29) is 10.4 Å². The van der Waals surface area contributed by atoms with E-state index in [2.05, 4.69) is 20.9 Å².